The van der Waals surface area contributed by atoms with Crippen molar-refractivity contribution in [2.24, 2.45) is 0 Å². The molecule has 4 aromatic rings. The first-order valence-corrected chi connectivity index (χ1v) is 17.7. The molecule has 3 heterocycles. The van der Waals surface area contributed by atoms with Gasteiger partial charge in [0, 0.05) is 70.9 Å². The summed E-state index contributed by atoms with van der Waals surface area (Å²) in [6.07, 6.45) is 5.06. The maximum atomic E-state index is 11.2. The number of rotatable bonds is 11. The van der Waals surface area contributed by atoms with Gasteiger partial charge in [-0.2, -0.15) is 5.26 Å². The first kappa shape index (κ1) is 40.2. The molecule has 0 spiro atoms. The van der Waals surface area contributed by atoms with Gasteiger partial charge in [-0.25, -0.2) is 14.8 Å². The van der Waals surface area contributed by atoms with Gasteiger partial charge >= 0.3 is 0 Å². The molecule has 1 N–H and O–H groups in total. The lowest BCUT2D eigenvalue weighted by Crippen LogP contribution is -2.20. The van der Waals surface area contributed by atoms with Crippen LogP contribution < -0.4 is 19.5 Å². The number of nitriles is 1. The predicted molar refractivity (Wildman–Crippen MR) is 206 cm³/mol. The lowest BCUT2D eigenvalue weighted by atomic mass is 10.0. The van der Waals surface area contributed by atoms with Crippen LogP contribution in [0.3, 0.4) is 0 Å². The molecule has 0 aliphatic carbocycles. The minimum absolute atomic E-state index is 0.0127. The fraction of sp³-hybridized carbons (Fsp3) is 0.200. The Hall–Kier alpha value is -7.61. The molecular weight excluding hydrogens is 709 g/mol. The Bertz CT molecular complexity index is 2500. The Morgan fingerprint density at radius 1 is 0.909 bits per heavy atom. The van der Waals surface area contributed by atoms with Crippen LogP contribution >= 0.6 is 11.3 Å². The molecule has 1 amide bonds. The van der Waals surface area contributed by atoms with E-state index in [9.17, 15) is 14.9 Å². The van der Waals surface area contributed by atoms with Crippen molar-refractivity contribution in [1.82, 2.24) is 15.3 Å². The van der Waals surface area contributed by atoms with Crippen molar-refractivity contribution >= 4 is 23.2 Å². The summed E-state index contributed by atoms with van der Waals surface area (Å²) in [5.41, 5.74) is 32.4. The van der Waals surface area contributed by atoms with Crippen molar-refractivity contribution in [1.29, 1.82) is 5.26 Å². The van der Waals surface area contributed by atoms with Gasteiger partial charge in [0.2, 0.25) is 11.8 Å². The molecule has 0 bridgehead atoms. The number of aryl methyl sites for hydroxylation is 1. The fourth-order valence-electron chi connectivity index (χ4n) is 4.89. The number of hydrogen-bond donors (Lipinski definition) is 1. The van der Waals surface area contributed by atoms with Crippen molar-refractivity contribution in [3.8, 4) is 34.6 Å². The maximum absolute atomic E-state index is 11.2. The lowest BCUT2D eigenvalue weighted by molar-refractivity contribution is -0.118. The quantitative estimate of drug-likeness (QED) is 0.0963. The van der Waals surface area contributed by atoms with E-state index in [0.29, 0.717) is 42.4 Å². The third-order valence-electron chi connectivity index (χ3n) is 7.22. The number of nitrogens with zero attached hydrogens (tertiary/aromatic N) is 3. The van der Waals surface area contributed by atoms with Gasteiger partial charge in [0.1, 0.15) is 36.5 Å². The van der Waals surface area contributed by atoms with E-state index in [1.165, 1.54) is 23.3 Å². The van der Waals surface area contributed by atoms with Crippen LogP contribution in [0.1, 0.15) is 46.5 Å². The molecule has 10 heteroatoms. The number of aromatic nitrogens is 2. The smallest absolute Gasteiger partial charge is 0.232 e. The topological polar surface area (TPSA) is 123 Å². The second kappa shape index (κ2) is 23.1. The molecule has 2 aromatic heterocycles. The lowest BCUT2D eigenvalue weighted by Gasteiger charge is -2.19. The number of carbonyl (C=O) groups is 1. The van der Waals surface area contributed by atoms with Gasteiger partial charge in [0.15, 0.2) is 17.4 Å². The number of hydrogen-bond acceptors (Lipinski definition) is 9. The number of carbonyl (C=O) groups excluding carboxylic acids is 2. The molecule has 268 valence electrons. The zero-order valence-electron chi connectivity index (χ0n) is 29.9. The van der Waals surface area contributed by atoms with Gasteiger partial charge in [-0.05, 0) is 83.8 Å². The minimum Gasteiger partial charge on any atom is -0.486 e. The van der Waals surface area contributed by atoms with Crippen molar-refractivity contribution < 1.29 is 23.8 Å². The number of benzene rings is 2. The van der Waals surface area contributed by atoms with Crippen molar-refractivity contribution in [2.45, 2.75) is 39.2 Å². The molecule has 55 heavy (non-hydrogen) atoms. The van der Waals surface area contributed by atoms with E-state index >= 15 is 0 Å². The predicted octanol–water partition coefficient (Wildman–Crippen LogP) is 7.34. The summed E-state index contributed by atoms with van der Waals surface area (Å²) < 4.78 is 17.4. The summed E-state index contributed by atoms with van der Waals surface area (Å²) in [7, 11) is 0. The summed E-state index contributed by atoms with van der Waals surface area (Å²) in [4.78, 5) is 31.2. The Morgan fingerprint density at radius 2 is 1.60 bits per heavy atom. The molecule has 2 aromatic carbocycles. The summed E-state index contributed by atoms with van der Waals surface area (Å²) >= 11 is 1.62. The third kappa shape index (κ3) is 13.8. The molecule has 0 saturated carbocycles. The zero-order chi connectivity index (χ0) is 38.9. The number of amides is 1. The molecule has 0 unspecified atom stereocenters. The van der Waals surface area contributed by atoms with Gasteiger partial charge < -0.3 is 19.5 Å². The minimum atomic E-state index is -0.0127. The highest BCUT2D eigenvalue weighted by Gasteiger charge is 2.18. The zero-order valence-corrected chi connectivity index (χ0v) is 30.7. The van der Waals surface area contributed by atoms with Crippen LogP contribution in [-0.2, 0) is 29.0 Å². The molecule has 0 fully saturated rings. The van der Waals surface area contributed by atoms with Crippen LogP contribution in [0.4, 0.5) is 0 Å². The van der Waals surface area contributed by atoms with E-state index in [0.717, 1.165) is 41.9 Å². The van der Waals surface area contributed by atoms with Crippen LogP contribution in [0.15, 0.2) is 136 Å². The number of ether oxygens (including phenoxy) is 3. The highest BCUT2D eigenvalue weighted by atomic mass is 32.1. The fourth-order valence-corrected chi connectivity index (χ4v) is 5.95. The second-order valence-corrected chi connectivity index (χ2v) is 12.2. The van der Waals surface area contributed by atoms with E-state index in [1.807, 2.05) is 42.1 Å². The maximum Gasteiger partial charge on any atom is 0.232 e. The number of thiazole rings is 1. The highest BCUT2D eigenvalue weighted by Crippen LogP contribution is 2.37. The molecule has 5 rings (SSSR count). The van der Waals surface area contributed by atoms with Crippen LogP contribution in [0.5, 0.6) is 17.4 Å². The summed E-state index contributed by atoms with van der Waals surface area (Å²) in [6.45, 7) is 6.68. The van der Waals surface area contributed by atoms with E-state index in [1.54, 1.807) is 23.6 Å². The number of unbranched alkanes of at least 4 members (excludes halogenated alkanes) is 1. The van der Waals surface area contributed by atoms with E-state index in [4.69, 9.17) is 19.2 Å². The number of pyridine rings is 1. The summed E-state index contributed by atoms with van der Waals surface area (Å²) in [6, 6.07) is 20.0. The number of nitrogens with one attached hydrogen (secondary N) is 1. The van der Waals surface area contributed by atoms with E-state index < -0.39 is 0 Å². The number of fused-ring (bicyclic) bond motifs is 1. The Kier molecular flexibility index (Phi) is 16.8. The molecule has 1 aliphatic heterocycles. The van der Waals surface area contributed by atoms with Crippen LogP contribution in [0.25, 0.3) is 11.1 Å². The van der Waals surface area contributed by atoms with Gasteiger partial charge in [0.05, 0.1) is 5.69 Å². The van der Waals surface area contributed by atoms with Crippen molar-refractivity contribution in [3.63, 3.8) is 0 Å². The Balaban J connectivity index is 0.000000381. The van der Waals surface area contributed by atoms with Crippen LogP contribution in [-0.4, -0.2) is 41.6 Å². The van der Waals surface area contributed by atoms with Gasteiger partial charge in [-0.3, -0.25) is 4.79 Å². The SMILES string of the molecule is C=C=C=C=C=C=C=C=C=C=C=C=C=C=O.CC(=O)NCCCCc1nc(COc2nccc(-c3ccc4c(c3)OCCO4)c2C#N)sc1Cc1ccccc1. The second-order valence-electron chi connectivity index (χ2n) is 11.0. The van der Waals surface area contributed by atoms with Gasteiger partial charge in [-0.15, -0.1) is 11.3 Å². The van der Waals surface area contributed by atoms with Crippen LogP contribution in [0, 0.1) is 11.3 Å². The normalized spacial score (nSPS) is 9.75. The largest absolute Gasteiger partial charge is 0.486 e. The third-order valence-corrected chi connectivity index (χ3v) is 8.29. The summed E-state index contributed by atoms with van der Waals surface area (Å²) in [5.74, 6) is 2.98. The highest BCUT2D eigenvalue weighted by molar-refractivity contribution is 7.11. The molecule has 0 radical (unpaired) electrons. The van der Waals surface area contributed by atoms with Crippen LogP contribution in [0.2, 0.25) is 0 Å². The Morgan fingerprint density at radius 3 is 2.27 bits per heavy atom. The van der Waals surface area contributed by atoms with E-state index in [-0.39, 0.29) is 18.4 Å². The van der Waals surface area contributed by atoms with Crippen molar-refractivity contribution in [3.05, 3.63) is 163 Å². The molecule has 0 atom stereocenters. The van der Waals surface area contributed by atoms with Gasteiger partial charge in [-0.1, -0.05) is 42.1 Å². The average Bonchev–Trinajstić information content (AvgIpc) is 3.59. The average molecular weight is 741 g/mol. The van der Waals surface area contributed by atoms with E-state index in [2.05, 4.69) is 98.1 Å². The Labute approximate surface area is 322 Å². The monoisotopic (exact) mass is 740 g/mol. The summed E-state index contributed by atoms with van der Waals surface area (Å²) in [5, 5.41) is 13.7. The first-order valence-electron chi connectivity index (χ1n) is 16.8. The standard InChI is InChI=1S/C31H30N4O4S.C14H2O/c1-21(36)33-13-6-5-9-26-29(17-22-7-3-2-4-8-22)40-30(35-26)20-39-31-25(19-32)24(12-14-34-31)23-10-11-27-28(18-23)38-16-15-37-27;1-2-3-4-5-6-7-8-9-10-11-12-13-14-15/h2-4,7-8,10-12,14,18H,5-6,9,13,15-17,20H2,1H3,(H,33,36);1H2. The van der Waals surface area contributed by atoms with Crippen molar-refractivity contribution in [2.75, 3.05) is 19.8 Å². The molecular formula is C45H32N4O5S. The molecule has 1 aliphatic rings. The first-order chi connectivity index (χ1) is 27.0. The van der Waals surface area contributed by atoms with Gasteiger partial charge in [0.25, 0.3) is 0 Å². The molecule has 0 saturated heterocycles. The molecule has 9 nitrogen and oxygen atoms in total.